The first-order valence-corrected chi connectivity index (χ1v) is 9.45. The summed E-state index contributed by atoms with van der Waals surface area (Å²) in [5.74, 6) is 1.98. The van der Waals surface area contributed by atoms with Gasteiger partial charge in [-0.15, -0.1) is 0 Å². The quantitative estimate of drug-likeness (QED) is 0.721. The smallest absolute Gasteiger partial charge is 0.199 e. The van der Waals surface area contributed by atoms with E-state index in [1.807, 2.05) is 13.0 Å². The van der Waals surface area contributed by atoms with Gasteiger partial charge in [0.2, 0.25) is 0 Å². The zero-order valence-electron chi connectivity index (χ0n) is 15.8. The van der Waals surface area contributed by atoms with E-state index in [0.29, 0.717) is 18.2 Å². The number of hydrogen-bond donors (Lipinski definition) is 1. The number of fused-ring (bicyclic) bond motifs is 1. The highest BCUT2D eigenvalue weighted by atomic mass is 16.5. The van der Waals surface area contributed by atoms with Gasteiger partial charge in [-0.1, -0.05) is 6.07 Å². The summed E-state index contributed by atoms with van der Waals surface area (Å²) < 4.78 is 11.1. The number of H-pyrrole nitrogens is 1. The van der Waals surface area contributed by atoms with Crippen LogP contribution in [0.2, 0.25) is 0 Å². The molecule has 2 aromatic heterocycles. The fourth-order valence-electron chi connectivity index (χ4n) is 3.83. The summed E-state index contributed by atoms with van der Waals surface area (Å²) in [6, 6.07) is 6.19. The molecule has 4 rings (SSSR count). The predicted molar refractivity (Wildman–Crippen MR) is 103 cm³/mol. The first kappa shape index (κ1) is 17.7. The van der Waals surface area contributed by atoms with Gasteiger partial charge in [-0.25, -0.2) is 9.97 Å². The Morgan fingerprint density at radius 2 is 2.11 bits per heavy atom. The van der Waals surface area contributed by atoms with Gasteiger partial charge in [-0.05, 0) is 44.0 Å². The molecule has 0 unspecified atom stereocenters. The largest absolute Gasteiger partial charge is 0.493 e. The predicted octanol–water partition coefficient (Wildman–Crippen LogP) is 3.14. The lowest BCUT2D eigenvalue weighted by Gasteiger charge is -2.32. The topological polar surface area (TPSA) is 76.2 Å². The van der Waals surface area contributed by atoms with Crippen molar-refractivity contribution in [3.8, 4) is 11.5 Å². The fourth-order valence-corrected chi connectivity index (χ4v) is 3.83. The molecule has 1 N–H and O–H groups in total. The minimum Gasteiger partial charge on any atom is -0.493 e. The average molecular weight is 367 g/mol. The maximum atomic E-state index is 5.62. The Bertz CT molecular complexity index is 910. The summed E-state index contributed by atoms with van der Waals surface area (Å²) in [6.07, 6.45) is 5.70. The molecule has 0 bridgehead atoms. The van der Waals surface area contributed by atoms with Crippen LogP contribution in [-0.4, -0.2) is 51.9 Å². The summed E-state index contributed by atoms with van der Waals surface area (Å²) in [7, 11) is 1.68. The van der Waals surface area contributed by atoms with Crippen LogP contribution in [0, 0.1) is 0 Å². The zero-order valence-corrected chi connectivity index (χ0v) is 15.8. The van der Waals surface area contributed by atoms with Crippen LogP contribution in [0.4, 0.5) is 0 Å². The van der Waals surface area contributed by atoms with Crippen LogP contribution in [0.1, 0.15) is 36.9 Å². The van der Waals surface area contributed by atoms with Crippen molar-refractivity contribution >= 4 is 11.2 Å². The monoisotopic (exact) mass is 367 g/mol. The molecule has 0 radical (unpaired) electrons. The minimum absolute atomic E-state index is 0.394. The molecule has 7 nitrogen and oxygen atoms in total. The molecule has 0 spiro atoms. The Labute approximate surface area is 158 Å². The summed E-state index contributed by atoms with van der Waals surface area (Å²) >= 11 is 0. The summed E-state index contributed by atoms with van der Waals surface area (Å²) in [6.45, 7) is 5.56. The lowest BCUT2D eigenvalue weighted by Crippen LogP contribution is -2.34. The maximum absolute atomic E-state index is 5.62. The molecular formula is C20H25N5O2. The van der Waals surface area contributed by atoms with Gasteiger partial charge in [-0.3, -0.25) is 10.00 Å². The molecule has 1 fully saturated rings. The van der Waals surface area contributed by atoms with Crippen LogP contribution >= 0.6 is 0 Å². The van der Waals surface area contributed by atoms with Gasteiger partial charge in [-0.2, -0.15) is 5.10 Å². The molecular weight excluding hydrogens is 342 g/mol. The Kier molecular flexibility index (Phi) is 5.20. The Morgan fingerprint density at radius 1 is 1.22 bits per heavy atom. The van der Waals surface area contributed by atoms with E-state index in [1.54, 1.807) is 19.5 Å². The molecule has 0 saturated carbocycles. The lowest BCUT2D eigenvalue weighted by atomic mass is 9.94. The average Bonchev–Trinajstić information content (AvgIpc) is 3.14. The molecule has 0 amide bonds. The lowest BCUT2D eigenvalue weighted by molar-refractivity contribution is 0.198. The highest BCUT2D eigenvalue weighted by Gasteiger charge is 2.25. The van der Waals surface area contributed by atoms with Crippen LogP contribution in [0.5, 0.6) is 11.5 Å². The van der Waals surface area contributed by atoms with Crippen LogP contribution in [-0.2, 0) is 6.54 Å². The van der Waals surface area contributed by atoms with Crippen molar-refractivity contribution in [2.24, 2.45) is 0 Å². The maximum Gasteiger partial charge on any atom is 0.199 e. The number of nitrogens with zero attached hydrogens (tertiary/aromatic N) is 4. The normalized spacial score (nSPS) is 17.9. The number of hydrogen-bond acceptors (Lipinski definition) is 6. The van der Waals surface area contributed by atoms with Crippen LogP contribution < -0.4 is 9.47 Å². The van der Waals surface area contributed by atoms with Gasteiger partial charge in [0.25, 0.3) is 0 Å². The van der Waals surface area contributed by atoms with E-state index in [4.69, 9.17) is 9.47 Å². The Morgan fingerprint density at radius 3 is 2.96 bits per heavy atom. The number of aromatic nitrogens is 4. The highest BCUT2D eigenvalue weighted by molar-refractivity contribution is 5.72. The number of benzene rings is 1. The van der Waals surface area contributed by atoms with Gasteiger partial charge in [0.05, 0.1) is 19.4 Å². The number of nitrogens with one attached hydrogen (secondary N) is 1. The highest BCUT2D eigenvalue weighted by Crippen LogP contribution is 2.32. The van der Waals surface area contributed by atoms with Crippen molar-refractivity contribution in [1.82, 2.24) is 25.1 Å². The van der Waals surface area contributed by atoms with E-state index < -0.39 is 0 Å². The molecule has 0 aliphatic carbocycles. The SMILES string of the molecule is CCOc1ccc(CN2CCC[C@@H](c3[nH]nc4nccnc34)C2)cc1OC. The second kappa shape index (κ2) is 7.92. The number of rotatable bonds is 6. The number of piperidine rings is 1. The molecule has 3 aromatic rings. The van der Waals surface area contributed by atoms with Crippen LogP contribution in [0.15, 0.2) is 30.6 Å². The zero-order chi connectivity index (χ0) is 18.6. The number of ether oxygens (including phenoxy) is 2. The summed E-state index contributed by atoms with van der Waals surface area (Å²) in [5.41, 5.74) is 3.92. The molecule has 1 aliphatic rings. The van der Waals surface area contributed by atoms with Crippen LogP contribution in [0.3, 0.4) is 0 Å². The number of methoxy groups -OCH3 is 1. The molecule has 27 heavy (non-hydrogen) atoms. The molecule has 3 heterocycles. The van der Waals surface area contributed by atoms with E-state index >= 15 is 0 Å². The van der Waals surface area contributed by atoms with Crippen molar-refractivity contribution < 1.29 is 9.47 Å². The second-order valence-corrected chi connectivity index (χ2v) is 6.86. The molecule has 7 heteroatoms. The first-order chi connectivity index (χ1) is 13.3. The van der Waals surface area contributed by atoms with Crippen molar-refractivity contribution in [3.05, 3.63) is 41.9 Å². The standard InChI is InChI=1S/C20H25N5O2/c1-3-27-16-7-6-14(11-17(16)26-2)12-25-10-4-5-15(13-25)18-19-20(24-23-18)22-9-8-21-19/h6-9,11,15H,3-5,10,12-13H2,1-2H3,(H,22,23,24)/t15-/m1/s1. The third-order valence-corrected chi connectivity index (χ3v) is 5.06. The third-order valence-electron chi connectivity index (χ3n) is 5.06. The molecule has 1 aromatic carbocycles. The Hall–Kier alpha value is -2.67. The van der Waals surface area contributed by atoms with E-state index in [-0.39, 0.29) is 0 Å². The van der Waals surface area contributed by atoms with Crippen molar-refractivity contribution in [2.45, 2.75) is 32.2 Å². The molecule has 1 saturated heterocycles. The summed E-state index contributed by atoms with van der Waals surface area (Å²) in [5, 5.41) is 7.47. The van der Waals surface area contributed by atoms with Crippen molar-refractivity contribution in [2.75, 3.05) is 26.8 Å². The summed E-state index contributed by atoms with van der Waals surface area (Å²) in [4.78, 5) is 11.2. The Balaban J connectivity index is 1.49. The van der Waals surface area contributed by atoms with Gasteiger partial charge >= 0.3 is 0 Å². The molecule has 1 aliphatic heterocycles. The van der Waals surface area contributed by atoms with Crippen LogP contribution in [0.25, 0.3) is 11.2 Å². The van der Waals surface area contributed by atoms with Crippen molar-refractivity contribution in [3.63, 3.8) is 0 Å². The van der Waals surface area contributed by atoms with Gasteiger partial charge in [0.15, 0.2) is 17.1 Å². The second-order valence-electron chi connectivity index (χ2n) is 6.86. The van der Waals surface area contributed by atoms with E-state index in [9.17, 15) is 0 Å². The molecule has 142 valence electrons. The van der Waals surface area contributed by atoms with Gasteiger partial charge in [0, 0.05) is 31.4 Å². The number of aromatic amines is 1. The third kappa shape index (κ3) is 3.73. The van der Waals surface area contributed by atoms with Crippen molar-refractivity contribution in [1.29, 1.82) is 0 Å². The van der Waals surface area contributed by atoms with Gasteiger partial charge in [0.1, 0.15) is 5.52 Å². The number of likely N-dealkylation sites (tertiary alicyclic amines) is 1. The van der Waals surface area contributed by atoms with Gasteiger partial charge < -0.3 is 9.47 Å². The van der Waals surface area contributed by atoms with E-state index in [1.165, 1.54) is 5.56 Å². The van der Waals surface area contributed by atoms with E-state index in [2.05, 4.69) is 37.2 Å². The fraction of sp³-hybridized carbons (Fsp3) is 0.450. The molecule has 1 atom stereocenters. The minimum atomic E-state index is 0.394. The van der Waals surface area contributed by atoms with E-state index in [0.717, 1.165) is 55.2 Å². The first-order valence-electron chi connectivity index (χ1n) is 9.45.